The number of nitrogens with two attached hydrogens (primary N) is 1. The van der Waals surface area contributed by atoms with Crippen molar-refractivity contribution in [2.45, 2.75) is 36.6 Å². The lowest BCUT2D eigenvalue weighted by Gasteiger charge is -2.09. The lowest BCUT2D eigenvalue weighted by atomic mass is 10.0. The monoisotopic (exact) mass is 454 g/mol. The molecule has 164 valence electrons. The molecule has 0 radical (unpaired) electrons. The zero-order valence-corrected chi connectivity index (χ0v) is 18.8. The van der Waals surface area contributed by atoms with Crippen LogP contribution in [0.1, 0.15) is 34.5 Å². The van der Waals surface area contributed by atoms with Crippen molar-refractivity contribution in [1.29, 1.82) is 0 Å². The molecule has 0 atom stereocenters. The fraction of sp³-hybridized carbons (Fsp3) is 0.192. The fourth-order valence-electron chi connectivity index (χ4n) is 4.70. The number of rotatable bonds is 5. The van der Waals surface area contributed by atoms with Crippen LogP contribution < -0.4 is 11.5 Å². The third-order valence-electron chi connectivity index (χ3n) is 6.36. The van der Waals surface area contributed by atoms with Crippen molar-refractivity contribution in [3.8, 4) is 0 Å². The van der Waals surface area contributed by atoms with E-state index in [0.29, 0.717) is 28.7 Å². The summed E-state index contributed by atoms with van der Waals surface area (Å²) in [5.74, 6) is 7.62. The first kappa shape index (κ1) is 20.1. The van der Waals surface area contributed by atoms with Gasteiger partial charge in [-0.3, -0.25) is 0 Å². The number of hydrogen-bond donors (Lipinski definition) is 1. The topological polar surface area (TPSA) is 86.9 Å². The highest BCUT2D eigenvalue weighted by Gasteiger charge is 2.17. The molecule has 7 heteroatoms. The number of aromatic nitrogens is 3. The van der Waals surface area contributed by atoms with Crippen LogP contribution in [0, 0.1) is 0 Å². The van der Waals surface area contributed by atoms with Gasteiger partial charge in [-0.25, -0.2) is 9.47 Å². The molecule has 0 spiro atoms. The van der Waals surface area contributed by atoms with Gasteiger partial charge in [-0.05, 0) is 64.4 Å². The Labute approximate surface area is 194 Å². The number of hydrogen-bond acceptors (Lipinski definition) is 6. The van der Waals surface area contributed by atoms with Crippen molar-refractivity contribution in [2.75, 3.05) is 5.84 Å². The minimum absolute atomic E-state index is 0.332. The van der Waals surface area contributed by atoms with E-state index in [1.165, 1.54) is 33.7 Å². The summed E-state index contributed by atoms with van der Waals surface area (Å²) in [6.45, 7) is 0. The van der Waals surface area contributed by atoms with Crippen molar-refractivity contribution >= 4 is 33.5 Å². The quantitative estimate of drug-likeness (QED) is 0.237. The summed E-state index contributed by atoms with van der Waals surface area (Å²) in [6, 6.07) is 20.3. The summed E-state index contributed by atoms with van der Waals surface area (Å²) >= 11 is 1.48. The second-order valence-electron chi connectivity index (χ2n) is 8.43. The second-order valence-corrected chi connectivity index (χ2v) is 9.38. The van der Waals surface area contributed by atoms with Gasteiger partial charge in [-0.15, -0.1) is 10.2 Å². The van der Waals surface area contributed by atoms with Crippen LogP contribution in [-0.2, 0) is 25.0 Å². The summed E-state index contributed by atoms with van der Waals surface area (Å²) in [7, 11) is 0. The van der Waals surface area contributed by atoms with Gasteiger partial charge in [-0.1, -0.05) is 54.2 Å². The predicted molar refractivity (Wildman–Crippen MR) is 131 cm³/mol. The van der Waals surface area contributed by atoms with E-state index < -0.39 is 0 Å². The van der Waals surface area contributed by atoms with Gasteiger partial charge >= 0.3 is 5.63 Å². The first-order chi connectivity index (χ1) is 16.2. The van der Waals surface area contributed by atoms with Gasteiger partial charge in [0.05, 0.1) is 0 Å². The Morgan fingerprint density at radius 1 is 0.939 bits per heavy atom. The van der Waals surface area contributed by atoms with Gasteiger partial charge in [0.2, 0.25) is 5.16 Å². The minimum atomic E-state index is -0.332. The molecule has 0 saturated heterocycles. The van der Waals surface area contributed by atoms with Gasteiger partial charge < -0.3 is 10.3 Å². The molecule has 0 amide bonds. The van der Waals surface area contributed by atoms with Crippen molar-refractivity contribution in [1.82, 2.24) is 14.9 Å². The van der Waals surface area contributed by atoms with E-state index in [-0.39, 0.29) is 5.63 Å². The van der Waals surface area contributed by atoms with Crippen LogP contribution in [0.15, 0.2) is 75.0 Å². The Morgan fingerprint density at radius 2 is 1.76 bits per heavy atom. The molecule has 0 aliphatic heterocycles. The Bertz CT molecular complexity index is 1570. The largest absolute Gasteiger partial charge is 0.423 e. The van der Waals surface area contributed by atoms with Crippen molar-refractivity contribution in [3.63, 3.8) is 0 Å². The number of nitrogen functional groups attached to an aromatic ring is 1. The van der Waals surface area contributed by atoms with E-state index in [9.17, 15) is 4.79 Å². The first-order valence-electron chi connectivity index (χ1n) is 11.0. The Hall–Kier alpha value is -3.58. The zero-order valence-electron chi connectivity index (χ0n) is 18.0. The van der Waals surface area contributed by atoms with Crippen molar-refractivity contribution in [3.05, 3.63) is 99.2 Å². The molecule has 0 saturated carbocycles. The molecular weight excluding hydrogens is 432 g/mol. The summed E-state index contributed by atoms with van der Waals surface area (Å²) in [4.78, 5) is 12.2. The molecule has 0 fully saturated rings. The van der Waals surface area contributed by atoms with Crippen molar-refractivity contribution in [2.24, 2.45) is 0 Å². The van der Waals surface area contributed by atoms with E-state index in [2.05, 4.69) is 40.5 Å². The molecule has 2 aromatic heterocycles. The molecule has 2 heterocycles. The summed E-state index contributed by atoms with van der Waals surface area (Å²) in [5.41, 5.74) is 5.05. The van der Waals surface area contributed by atoms with Crippen molar-refractivity contribution < 1.29 is 4.42 Å². The van der Waals surface area contributed by atoms with Gasteiger partial charge in [0, 0.05) is 23.6 Å². The lowest BCUT2D eigenvalue weighted by molar-refractivity contribution is 0.559. The molecule has 6 nitrogen and oxygen atoms in total. The molecule has 6 rings (SSSR count). The SMILES string of the molecule is Nn1c(Cc2cccc3ccccc23)nnc1SCc1cc(=O)oc2cc3c(cc12)CCC3. The average molecular weight is 455 g/mol. The van der Waals surface area contributed by atoms with E-state index in [0.717, 1.165) is 35.8 Å². The van der Waals surface area contributed by atoms with E-state index in [4.69, 9.17) is 10.3 Å². The van der Waals surface area contributed by atoms with Crippen LogP contribution in [0.25, 0.3) is 21.7 Å². The molecule has 3 aromatic carbocycles. The minimum Gasteiger partial charge on any atom is -0.423 e. The summed E-state index contributed by atoms with van der Waals surface area (Å²) in [5, 5.41) is 12.6. The number of thioether (sulfide) groups is 1. The second kappa shape index (κ2) is 8.08. The normalized spacial score (nSPS) is 13.1. The third-order valence-corrected chi connectivity index (χ3v) is 7.35. The number of fused-ring (bicyclic) bond motifs is 3. The maximum Gasteiger partial charge on any atom is 0.336 e. The van der Waals surface area contributed by atoms with Gasteiger partial charge in [-0.2, -0.15) is 0 Å². The molecule has 2 N–H and O–H groups in total. The number of aryl methyl sites for hydroxylation is 2. The predicted octanol–water partition coefficient (Wildman–Crippen LogP) is 4.62. The van der Waals surface area contributed by atoms with Crippen LogP contribution in [-0.4, -0.2) is 14.9 Å². The standard InChI is InChI=1S/C26H22N4O2S/c27-30-24(13-19-9-3-6-16-5-1-2-10-21(16)19)28-29-26(30)33-15-20-14-25(31)32-23-12-18-8-4-7-17(18)11-22(20)23/h1-3,5-6,9-12,14H,4,7-8,13,15,27H2. The van der Waals surface area contributed by atoms with E-state index in [1.807, 2.05) is 24.3 Å². The Morgan fingerprint density at radius 3 is 2.67 bits per heavy atom. The molecule has 0 unspecified atom stereocenters. The average Bonchev–Trinajstić information content (AvgIpc) is 3.42. The van der Waals surface area contributed by atoms with E-state index >= 15 is 0 Å². The smallest absolute Gasteiger partial charge is 0.336 e. The van der Waals surface area contributed by atoms with E-state index in [1.54, 1.807) is 10.7 Å². The lowest BCUT2D eigenvalue weighted by Crippen LogP contribution is -2.14. The number of nitrogens with zero attached hydrogens (tertiary/aromatic N) is 3. The van der Waals surface area contributed by atoms with Crippen LogP contribution in [0.2, 0.25) is 0 Å². The fourth-order valence-corrected chi connectivity index (χ4v) is 5.57. The molecular formula is C26H22N4O2S. The third kappa shape index (κ3) is 3.68. The molecule has 1 aliphatic rings. The summed E-state index contributed by atoms with van der Waals surface area (Å²) < 4.78 is 7.04. The van der Waals surface area contributed by atoms with Gasteiger partial charge in [0.1, 0.15) is 5.58 Å². The Kier molecular flexibility index (Phi) is 4.91. The molecule has 0 bridgehead atoms. The van der Waals surface area contributed by atoms with Crippen LogP contribution in [0.4, 0.5) is 0 Å². The molecule has 1 aliphatic carbocycles. The molecule has 33 heavy (non-hydrogen) atoms. The van der Waals surface area contributed by atoms with Gasteiger partial charge in [0.25, 0.3) is 0 Å². The molecule has 5 aromatic rings. The summed E-state index contributed by atoms with van der Waals surface area (Å²) in [6.07, 6.45) is 3.86. The highest BCUT2D eigenvalue weighted by Crippen LogP contribution is 2.31. The van der Waals surface area contributed by atoms with Gasteiger partial charge in [0.15, 0.2) is 5.82 Å². The maximum atomic E-state index is 12.2. The maximum absolute atomic E-state index is 12.2. The first-order valence-corrected chi connectivity index (χ1v) is 12.0. The highest BCUT2D eigenvalue weighted by molar-refractivity contribution is 7.98. The van der Waals surface area contributed by atoms with Crippen LogP contribution in [0.3, 0.4) is 0 Å². The zero-order chi connectivity index (χ0) is 22.4. The number of benzene rings is 3. The highest BCUT2D eigenvalue weighted by atomic mass is 32.2. The van der Waals surface area contributed by atoms with Crippen LogP contribution >= 0.6 is 11.8 Å². The van der Waals surface area contributed by atoms with Crippen LogP contribution in [0.5, 0.6) is 0 Å². The Balaban J connectivity index is 1.27.